The van der Waals surface area contributed by atoms with Crippen LogP contribution in [-0.4, -0.2) is 85.8 Å². The van der Waals surface area contributed by atoms with Gasteiger partial charge >= 0.3 is 11.6 Å². The molecule has 1 fully saturated rings. The van der Waals surface area contributed by atoms with Gasteiger partial charge in [-0.25, -0.2) is 24.1 Å². The Morgan fingerprint density at radius 3 is 2.36 bits per heavy atom. The highest BCUT2D eigenvalue weighted by atomic mass is 32.1. The van der Waals surface area contributed by atoms with E-state index < -0.39 is 70.6 Å². The molecule has 4 atom stereocenters. The molecule has 0 bridgehead atoms. The van der Waals surface area contributed by atoms with Gasteiger partial charge in [0.2, 0.25) is 29.5 Å². The van der Waals surface area contributed by atoms with Crippen molar-refractivity contribution >= 4 is 57.5 Å². The number of β-amino-alcohol motifs (C(OH)–C–C–N with tert-alkyl or cyclic N) is 1. The van der Waals surface area contributed by atoms with E-state index in [9.17, 15) is 33.9 Å². The van der Waals surface area contributed by atoms with Crippen molar-refractivity contribution in [1.29, 1.82) is 0 Å². The predicted molar refractivity (Wildman–Crippen MR) is 270 cm³/mol. The van der Waals surface area contributed by atoms with E-state index in [4.69, 9.17) is 9.15 Å². The summed E-state index contributed by atoms with van der Waals surface area (Å²) in [7, 11) is 0. The lowest BCUT2D eigenvalue weighted by atomic mass is 9.85. The maximum atomic E-state index is 15.8. The highest BCUT2D eigenvalue weighted by molar-refractivity contribution is 7.13. The zero-order chi connectivity index (χ0) is 51.7. The highest BCUT2D eigenvalue weighted by Crippen LogP contribution is 2.31. The molecule has 0 aliphatic carbocycles. The molecule has 7 rings (SSSR count). The number of ether oxygens (including phenoxy) is 1. The number of carbonyl (C=O) groups is 5. The molecular weight excluding hydrogens is 944 g/mol. The summed E-state index contributed by atoms with van der Waals surface area (Å²) in [6.45, 7) is 11.0. The summed E-state index contributed by atoms with van der Waals surface area (Å²) in [6, 6.07) is 16.7. The Bertz CT molecular complexity index is 2990. The van der Waals surface area contributed by atoms with Crippen molar-refractivity contribution in [3.8, 4) is 22.2 Å². The van der Waals surface area contributed by atoms with E-state index in [-0.39, 0.29) is 73.6 Å². The summed E-state index contributed by atoms with van der Waals surface area (Å²) >= 11 is 1.55. The second-order valence-corrected chi connectivity index (χ2v) is 19.8. The second-order valence-electron chi connectivity index (χ2n) is 19.0. The monoisotopic (exact) mass is 1000 g/mol. The number of anilines is 1. The van der Waals surface area contributed by atoms with E-state index in [1.807, 2.05) is 38.1 Å². The van der Waals surface area contributed by atoms with Crippen molar-refractivity contribution in [2.75, 3.05) is 18.4 Å². The molecule has 17 nitrogen and oxygen atoms in total. The average molecular weight is 1000 g/mol. The Hall–Kier alpha value is -7.38. The molecule has 3 aromatic carbocycles. The Morgan fingerprint density at radius 1 is 0.917 bits per heavy atom. The van der Waals surface area contributed by atoms with Gasteiger partial charge in [-0.05, 0) is 85.5 Å². The van der Waals surface area contributed by atoms with Gasteiger partial charge in [0.15, 0.2) is 0 Å². The predicted octanol–water partition coefficient (Wildman–Crippen LogP) is 7.22. The number of unbranched alkanes of at least 4 members (excludes halogenated alkanes) is 1. The van der Waals surface area contributed by atoms with Gasteiger partial charge in [-0.3, -0.25) is 24.0 Å². The van der Waals surface area contributed by atoms with Gasteiger partial charge in [-0.15, -0.1) is 11.3 Å². The quantitative estimate of drug-likeness (QED) is 0.0400. The molecule has 4 heterocycles. The topological polar surface area (TPSA) is 235 Å². The molecule has 0 saturated carbocycles. The number of nitrogens with one attached hydrogen (secondary N) is 4. The maximum absolute atomic E-state index is 15.8. The number of thiazole rings is 1. The molecule has 0 unspecified atom stereocenters. The number of aryl methyl sites for hydroxylation is 2. The van der Waals surface area contributed by atoms with Crippen LogP contribution in [0.2, 0.25) is 0 Å². The van der Waals surface area contributed by atoms with Crippen LogP contribution in [-0.2, 0) is 30.4 Å². The van der Waals surface area contributed by atoms with Crippen molar-refractivity contribution in [1.82, 2.24) is 35.8 Å². The molecule has 19 heteroatoms. The summed E-state index contributed by atoms with van der Waals surface area (Å²) in [6.07, 6.45) is 2.56. The van der Waals surface area contributed by atoms with Gasteiger partial charge in [0.1, 0.15) is 29.2 Å². The summed E-state index contributed by atoms with van der Waals surface area (Å²) in [5.74, 6) is -2.62. The second kappa shape index (κ2) is 23.2. The molecule has 5 N–H and O–H groups in total. The fourth-order valence-corrected chi connectivity index (χ4v) is 9.32. The minimum atomic E-state index is -1.06. The number of amides is 5. The van der Waals surface area contributed by atoms with Crippen LogP contribution >= 0.6 is 11.3 Å². The summed E-state index contributed by atoms with van der Waals surface area (Å²) in [4.78, 5) is 94.4. The zero-order valence-corrected chi connectivity index (χ0v) is 41.9. The van der Waals surface area contributed by atoms with E-state index in [1.54, 1.807) is 74.9 Å². The molecule has 0 radical (unpaired) electrons. The number of carbonyl (C=O) groups excluding carboxylic acids is 5. The van der Waals surface area contributed by atoms with Gasteiger partial charge in [-0.2, -0.15) is 0 Å². The van der Waals surface area contributed by atoms with Gasteiger partial charge in [0.05, 0.1) is 33.9 Å². The van der Waals surface area contributed by atoms with Crippen LogP contribution in [0.5, 0.6) is 11.8 Å². The van der Waals surface area contributed by atoms with Crippen LogP contribution in [0.25, 0.3) is 21.4 Å². The lowest BCUT2D eigenvalue weighted by molar-refractivity contribution is -0.144. The molecule has 3 aromatic heterocycles. The van der Waals surface area contributed by atoms with Crippen LogP contribution in [0.15, 0.2) is 93.8 Å². The first-order chi connectivity index (χ1) is 34.4. The van der Waals surface area contributed by atoms with E-state index in [2.05, 4.69) is 36.2 Å². The Labute approximate surface area is 420 Å². The number of aliphatic hydroxyl groups is 1. The fourth-order valence-electron chi connectivity index (χ4n) is 8.50. The van der Waals surface area contributed by atoms with Gasteiger partial charge in [0, 0.05) is 74.6 Å². The summed E-state index contributed by atoms with van der Waals surface area (Å²) in [5.41, 5.74) is 4.50. The van der Waals surface area contributed by atoms with Gasteiger partial charge < -0.3 is 40.4 Å². The van der Waals surface area contributed by atoms with Crippen molar-refractivity contribution in [2.45, 2.75) is 111 Å². The van der Waals surface area contributed by atoms with Gasteiger partial charge in [0.25, 0.3) is 0 Å². The van der Waals surface area contributed by atoms with Crippen LogP contribution in [0, 0.1) is 25.1 Å². The molecule has 1 saturated heterocycles. The van der Waals surface area contributed by atoms with E-state index in [1.165, 1.54) is 29.4 Å². The van der Waals surface area contributed by atoms with E-state index in [0.717, 1.165) is 21.7 Å². The summed E-state index contributed by atoms with van der Waals surface area (Å²) < 4.78 is 27.0. The molecule has 72 heavy (non-hydrogen) atoms. The lowest BCUT2D eigenvalue weighted by Crippen LogP contribution is -2.57. The molecule has 5 amide bonds. The summed E-state index contributed by atoms with van der Waals surface area (Å²) in [5, 5.41) is 22.4. The SMILES string of the molecule is Cc1ncsc1-c1ccc([C@H](C)NC(=O)[C@@H]2C[C@@H](O)CN2C(=O)[C@@H](NC(=O)CCC(=O)NCCCCC(=O)Nc2cccc(Cc3c(C)c4ccc(Oc5ncccn5)cc4oc3=O)c2F)C(C)(C)C)cc1. The number of fused-ring (bicyclic) bond motifs is 1. The standard InChI is InChI=1S/C53H59FN8O9S/c1-30-38-19-18-37(70-52-56-23-10-24-57-52)27-42(38)71-51(69)39(30)25-35-11-9-12-40(46(35)54)60-44(65)13-7-8-22-55-43(64)20-21-45(66)61-48(53(4,5)6)50(68)62-28-36(63)26-41(62)49(67)59-31(2)33-14-16-34(17-15-33)47-32(3)58-29-72-47/h9-12,14-19,23-24,27,29,31,36,41,48,63H,7-8,13,20-22,25-26,28H2,1-6H3,(H,55,64)(H,59,67)(H,60,65)(H,61,66)/t31-,36+,41-,48+/m0/s1. The number of nitrogens with zero attached hydrogens (tertiary/aromatic N) is 4. The molecule has 6 aromatic rings. The molecule has 0 spiro atoms. The number of aliphatic hydroxyl groups excluding tert-OH is 1. The largest absolute Gasteiger partial charge is 0.424 e. The zero-order valence-electron chi connectivity index (χ0n) is 41.0. The van der Waals surface area contributed by atoms with Crippen LogP contribution in [0.4, 0.5) is 10.1 Å². The molecule has 1 aliphatic rings. The van der Waals surface area contributed by atoms with Crippen LogP contribution < -0.4 is 31.6 Å². The van der Waals surface area contributed by atoms with Crippen molar-refractivity contribution < 1.29 is 42.6 Å². The van der Waals surface area contributed by atoms with Crippen molar-refractivity contribution in [3.05, 3.63) is 129 Å². The van der Waals surface area contributed by atoms with E-state index in [0.29, 0.717) is 29.5 Å². The van der Waals surface area contributed by atoms with Crippen LogP contribution in [0.1, 0.15) is 100 Å². The van der Waals surface area contributed by atoms with Gasteiger partial charge in [-0.1, -0.05) is 57.2 Å². The first kappa shape index (κ1) is 52.4. The van der Waals surface area contributed by atoms with E-state index >= 15 is 4.39 Å². The minimum absolute atomic E-state index is 0.0390. The Balaban J connectivity index is 0.836. The average Bonchev–Trinajstić information content (AvgIpc) is 3.97. The Morgan fingerprint density at radius 2 is 1.65 bits per heavy atom. The lowest BCUT2D eigenvalue weighted by Gasteiger charge is -2.35. The Kier molecular flexibility index (Phi) is 16.9. The number of likely N-dealkylation sites (tertiary alicyclic amines) is 1. The van der Waals surface area contributed by atoms with Crippen molar-refractivity contribution in [3.63, 3.8) is 0 Å². The number of halogens is 1. The number of benzene rings is 3. The highest BCUT2D eigenvalue weighted by Gasteiger charge is 2.44. The third-order valence-corrected chi connectivity index (χ3v) is 13.5. The first-order valence-corrected chi connectivity index (χ1v) is 24.7. The third kappa shape index (κ3) is 13.1. The number of rotatable bonds is 19. The van der Waals surface area contributed by atoms with Crippen LogP contribution in [0.3, 0.4) is 0 Å². The number of hydrogen-bond acceptors (Lipinski definition) is 13. The number of hydrogen-bond donors (Lipinski definition) is 5. The minimum Gasteiger partial charge on any atom is -0.424 e. The number of aromatic nitrogens is 3. The smallest absolute Gasteiger partial charge is 0.340 e. The first-order valence-electron chi connectivity index (χ1n) is 23.8. The maximum Gasteiger partial charge on any atom is 0.340 e. The fraction of sp³-hybridized carbons (Fsp3) is 0.377. The molecule has 378 valence electrons. The normalized spacial score (nSPS) is 15.4. The molecular formula is C53H59FN8O9S. The molecule has 1 aliphatic heterocycles. The van der Waals surface area contributed by atoms with Crippen molar-refractivity contribution in [2.24, 2.45) is 5.41 Å². The third-order valence-electron chi connectivity index (χ3n) is 12.5.